The Kier molecular flexibility index (Phi) is 6.27. The summed E-state index contributed by atoms with van der Waals surface area (Å²) in [6.07, 6.45) is 6.64. The molecule has 0 N–H and O–H groups in total. The molecule has 2 fully saturated rings. The first-order valence-corrected chi connectivity index (χ1v) is 12.5. The van der Waals surface area contributed by atoms with E-state index in [1.165, 1.54) is 24.0 Å². The number of benzene rings is 1. The fourth-order valence-electron chi connectivity index (χ4n) is 4.85. The number of carbonyl (C=O) groups excluding carboxylic acids is 1. The molecule has 2 heterocycles. The molecule has 0 saturated carbocycles. The van der Waals surface area contributed by atoms with E-state index in [0.717, 1.165) is 38.8 Å². The maximum atomic E-state index is 13.1. The van der Waals surface area contributed by atoms with Crippen molar-refractivity contribution < 1.29 is 13.2 Å². The van der Waals surface area contributed by atoms with Crippen molar-refractivity contribution in [3.63, 3.8) is 0 Å². The molecule has 29 heavy (non-hydrogen) atoms. The van der Waals surface area contributed by atoms with Gasteiger partial charge in [-0.2, -0.15) is 4.31 Å². The largest absolute Gasteiger partial charge is 0.341 e. The maximum Gasteiger partial charge on any atom is 0.243 e. The van der Waals surface area contributed by atoms with Gasteiger partial charge in [-0.3, -0.25) is 9.69 Å². The molecule has 3 aliphatic rings. The number of sulfonamides is 1. The smallest absolute Gasteiger partial charge is 0.243 e. The van der Waals surface area contributed by atoms with E-state index in [0.29, 0.717) is 43.5 Å². The number of rotatable bonds is 4. The Morgan fingerprint density at radius 3 is 2.45 bits per heavy atom. The molecule has 2 saturated heterocycles. The number of aryl methyl sites for hydroxylation is 2. The van der Waals surface area contributed by atoms with Crippen LogP contribution in [0.5, 0.6) is 0 Å². The molecule has 0 bridgehead atoms. The molecule has 0 radical (unpaired) electrons. The van der Waals surface area contributed by atoms with Crippen LogP contribution in [0, 0.1) is 5.92 Å². The SMILES string of the molecule is C[C@H]1CCCN(C(=O)CN2CCN(S(=O)(=O)c3ccc4c(c3)CCCC4)CC2)C1. The molecule has 2 aliphatic heterocycles. The first kappa shape index (κ1) is 20.8. The monoisotopic (exact) mass is 419 g/mol. The zero-order valence-electron chi connectivity index (χ0n) is 17.5. The molecule has 7 heteroatoms. The van der Waals surface area contributed by atoms with Crippen molar-refractivity contribution in [1.29, 1.82) is 0 Å². The van der Waals surface area contributed by atoms with Gasteiger partial charge in [0.25, 0.3) is 0 Å². The lowest BCUT2D eigenvalue weighted by atomic mass is 9.92. The molecule has 1 amide bonds. The number of amides is 1. The third kappa shape index (κ3) is 4.67. The number of likely N-dealkylation sites (tertiary alicyclic amines) is 1. The summed E-state index contributed by atoms with van der Waals surface area (Å²) in [4.78, 5) is 17.1. The van der Waals surface area contributed by atoms with Gasteiger partial charge in [-0.25, -0.2) is 8.42 Å². The molecule has 6 nitrogen and oxygen atoms in total. The maximum absolute atomic E-state index is 13.1. The zero-order chi connectivity index (χ0) is 20.4. The molecule has 1 aliphatic carbocycles. The van der Waals surface area contributed by atoms with Gasteiger partial charge >= 0.3 is 0 Å². The fourth-order valence-corrected chi connectivity index (χ4v) is 6.33. The summed E-state index contributed by atoms with van der Waals surface area (Å²) in [5, 5.41) is 0. The van der Waals surface area contributed by atoms with Crippen molar-refractivity contribution in [1.82, 2.24) is 14.1 Å². The number of hydrogen-bond acceptors (Lipinski definition) is 4. The van der Waals surface area contributed by atoms with E-state index in [1.54, 1.807) is 10.4 Å². The van der Waals surface area contributed by atoms with Crippen LogP contribution in [0.25, 0.3) is 0 Å². The van der Waals surface area contributed by atoms with Crippen molar-refractivity contribution in [2.24, 2.45) is 5.92 Å². The summed E-state index contributed by atoms with van der Waals surface area (Å²) >= 11 is 0. The Labute approximate surface area is 174 Å². The molecular formula is C22H33N3O3S. The van der Waals surface area contributed by atoms with Crippen LogP contribution in [0.3, 0.4) is 0 Å². The predicted octanol–water partition coefficient (Wildman–Crippen LogP) is 2.13. The van der Waals surface area contributed by atoms with Gasteiger partial charge in [-0.05, 0) is 67.7 Å². The van der Waals surface area contributed by atoms with Gasteiger partial charge in [0, 0.05) is 39.3 Å². The van der Waals surface area contributed by atoms with E-state index in [2.05, 4.69) is 11.8 Å². The van der Waals surface area contributed by atoms with Crippen molar-refractivity contribution >= 4 is 15.9 Å². The Morgan fingerprint density at radius 1 is 1.00 bits per heavy atom. The van der Waals surface area contributed by atoms with E-state index >= 15 is 0 Å². The highest BCUT2D eigenvalue weighted by Crippen LogP contribution is 2.26. The molecule has 1 aromatic rings. The number of carbonyl (C=O) groups is 1. The lowest BCUT2D eigenvalue weighted by molar-refractivity contribution is -0.134. The van der Waals surface area contributed by atoms with Gasteiger partial charge in [0.15, 0.2) is 0 Å². The Balaban J connectivity index is 1.34. The molecule has 1 aromatic carbocycles. The molecule has 1 atom stereocenters. The third-order valence-electron chi connectivity index (χ3n) is 6.66. The number of nitrogens with zero attached hydrogens (tertiary/aromatic N) is 3. The van der Waals surface area contributed by atoms with Gasteiger partial charge in [0.05, 0.1) is 11.4 Å². The average Bonchev–Trinajstić information content (AvgIpc) is 2.74. The van der Waals surface area contributed by atoms with Gasteiger partial charge in [-0.15, -0.1) is 0 Å². The van der Waals surface area contributed by atoms with E-state index < -0.39 is 10.0 Å². The summed E-state index contributed by atoms with van der Waals surface area (Å²) in [6, 6.07) is 5.65. The van der Waals surface area contributed by atoms with E-state index in [9.17, 15) is 13.2 Å². The first-order valence-electron chi connectivity index (χ1n) is 11.1. The lowest BCUT2D eigenvalue weighted by Crippen LogP contribution is -2.52. The summed E-state index contributed by atoms with van der Waals surface area (Å²) in [5.41, 5.74) is 2.49. The van der Waals surface area contributed by atoms with Crippen LogP contribution in [-0.4, -0.2) is 74.2 Å². The minimum absolute atomic E-state index is 0.183. The summed E-state index contributed by atoms with van der Waals surface area (Å²) in [7, 11) is -3.46. The van der Waals surface area contributed by atoms with E-state index in [4.69, 9.17) is 0 Å². The highest BCUT2D eigenvalue weighted by Gasteiger charge is 2.31. The molecule has 0 aromatic heterocycles. The second kappa shape index (κ2) is 8.74. The van der Waals surface area contributed by atoms with Crippen LogP contribution in [-0.2, 0) is 27.7 Å². The quantitative estimate of drug-likeness (QED) is 0.750. The Morgan fingerprint density at radius 2 is 1.72 bits per heavy atom. The van der Waals surface area contributed by atoms with Crippen molar-refractivity contribution in [3.8, 4) is 0 Å². The second-order valence-electron chi connectivity index (χ2n) is 8.91. The van der Waals surface area contributed by atoms with Crippen molar-refractivity contribution in [2.75, 3.05) is 45.8 Å². The third-order valence-corrected chi connectivity index (χ3v) is 8.55. The minimum Gasteiger partial charge on any atom is -0.341 e. The van der Waals surface area contributed by atoms with Crippen LogP contribution < -0.4 is 0 Å². The predicted molar refractivity (Wildman–Crippen MR) is 113 cm³/mol. The number of hydrogen-bond donors (Lipinski definition) is 0. The van der Waals surface area contributed by atoms with Crippen molar-refractivity contribution in [3.05, 3.63) is 29.3 Å². The lowest BCUT2D eigenvalue weighted by Gasteiger charge is -2.36. The van der Waals surface area contributed by atoms with E-state index in [-0.39, 0.29) is 5.91 Å². The Hall–Kier alpha value is -1.44. The van der Waals surface area contributed by atoms with Crippen LogP contribution in [0.2, 0.25) is 0 Å². The first-order chi connectivity index (χ1) is 13.9. The molecule has 4 rings (SSSR count). The highest BCUT2D eigenvalue weighted by atomic mass is 32.2. The highest BCUT2D eigenvalue weighted by molar-refractivity contribution is 7.89. The Bertz CT molecular complexity index is 847. The van der Waals surface area contributed by atoms with Crippen LogP contribution >= 0.6 is 0 Å². The van der Waals surface area contributed by atoms with Crippen LogP contribution in [0.1, 0.15) is 43.7 Å². The summed E-state index contributed by atoms with van der Waals surface area (Å²) < 4.78 is 27.8. The summed E-state index contributed by atoms with van der Waals surface area (Å²) in [5.74, 6) is 0.758. The number of piperidine rings is 1. The van der Waals surface area contributed by atoms with Gasteiger partial charge in [-0.1, -0.05) is 13.0 Å². The minimum atomic E-state index is -3.46. The molecule has 160 valence electrons. The average molecular weight is 420 g/mol. The van der Waals surface area contributed by atoms with Gasteiger partial charge < -0.3 is 4.90 Å². The standard InChI is InChI=1S/C22H33N3O3S/c1-18-5-4-10-24(16-18)22(26)17-23-11-13-25(14-12-23)29(27,28)21-9-8-19-6-2-3-7-20(19)15-21/h8-9,15,18H,2-7,10-14,16-17H2,1H3/t18-/m0/s1. The number of fused-ring (bicyclic) bond motifs is 1. The molecule has 0 spiro atoms. The van der Waals surface area contributed by atoms with E-state index in [1.807, 2.05) is 17.0 Å². The second-order valence-corrected chi connectivity index (χ2v) is 10.8. The number of piperazine rings is 1. The molecular weight excluding hydrogens is 386 g/mol. The normalized spacial score (nSPS) is 24.3. The fraction of sp³-hybridized carbons (Fsp3) is 0.682. The van der Waals surface area contributed by atoms with Crippen LogP contribution in [0.15, 0.2) is 23.1 Å². The topological polar surface area (TPSA) is 60.9 Å². The summed E-state index contributed by atoms with van der Waals surface area (Å²) in [6.45, 7) is 6.43. The zero-order valence-corrected chi connectivity index (χ0v) is 18.3. The molecule has 0 unspecified atom stereocenters. The van der Waals surface area contributed by atoms with Crippen molar-refractivity contribution in [2.45, 2.75) is 50.3 Å². The van der Waals surface area contributed by atoms with Gasteiger partial charge in [0.1, 0.15) is 0 Å². The van der Waals surface area contributed by atoms with Gasteiger partial charge in [0.2, 0.25) is 15.9 Å². The van der Waals surface area contributed by atoms with Crippen LogP contribution in [0.4, 0.5) is 0 Å².